The summed E-state index contributed by atoms with van der Waals surface area (Å²) in [6, 6.07) is 13.3. The third-order valence-corrected chi connectivity index (χ3v) is 3.75. The Morgan fingerprint density at radius 3 is 2.45 bits per heavy atom. The zero-order valence-corrected chi connectivity index (χ0v) is 12.9. The second kappa shape index (κ2) is 5.72. The van der Waals surface area contributed by atoms with E-state index < -0.39 is 6.10 Å². The van der Waals surface area contributed by atoms with E-state index in [2.05, 4.69) is 5.32 Å². The third-order valence-electron chi connectivity index (χ3n) is 3.75. The molecular weight excluding hydrogens is 278 g/mol. The van der Waals surface area contributed by atoms with E-state index in [4.69, 9.17) is 9.47 Å². The van der Waals surface area contributed by atoms with Gasteiger partial charge in [0.05, 0.1) is 0 Å². The number of rotatable bonds is 2. The number of nitrogens with one attached hydrogen (secondary N) is 1. The summed E-state index contributed by atoms with van der Waals surface area (Å²) in [7, 11) is 0. The van der Waals surface area contributed by atoms with Crippen molar-refractivity contribution in [3.05, 3.63) is 53.6 Å². The number of hydrogen-bond acceptors (Lipinski definition) is 3. The summed E-state index contributed by atoms with van der Waals surface area (Å²) in [6.07, 6.45) is -1.02. The van der Waals surface area contributed by atoms with Gasteiger partial charge in [0.2, 0.25) is 6.10 Å². The average Bonchev–Trinajstić information content (AvgIpc) is 2.50. The molecule has 0 fully saturated rings. The molecule has 0 saturated carbocycles. The molecule has 1 heterocycles. The first-order valence-corrected chi connectivity index (χ1v) is 7.35. The van der Waals surface area contributed by atoms with Crippen LogP contribution in [0.25, 0.3) is 0 Å². The van der Waals surface area contributed by atoms with E-state index in [9.17, 15) is 4.79 Å². The van der Waals surface area contributed by atoms with Gasteiger partial charge in [-0.2, -0.15) is 0 Å². The summed E-state index contributed by atoms with van der Waals surface area (Å²) in [5.41, 5.74) is 2.92. The summed E-state index contributed by atoms with van der Waals surface area (Å²) in [6.45, 7) is 5.80. The zero-order valence-electron chi connectivity index (χ0n) is 12.9. The summed E-state index contributed by atoms with van der Waals surface area (Å²) in [4.78, 5) is 12.5. The number of aryl methyl sites for hydroxylation is 2. The quantitative estimate of drug-likeness (QED) is 0.923. The number of carbonyl (C=O) groups is 1. The SMILES string of the molecule is Cc1ccc(C)c(NC(=O)[C@@H]2Oc3ccccc3O[C@@H]2C)c1. The standard InChI is InChI=1S/C18H19NO3/c1-11-8-9-12(2)14(10-11)19-18(20)17-13(3)21-15-6-4-5-7-16(15)22-17/h4-10,13,17H,1-3H3,(H,19,20)/t13-,17-/m1/s1. The molecule has 0 saturated heterocycles. The van der Waals surface area contributed by atoms with Crippen molar-refractivity contribution in [3.63, 3.8) is 0 Å². The zero-order chi connectivity index (χ0) is 15.7. The van der Waals surface area contributed by atoms with Crippen molar-refractivity contribution in [1.82, 2.24) is 0 Å². The second-order valence-electron chi connectivity index (χ2n) is 5.62. The Labute approximate surface area is 130 Å². The lowest BCUT2D eigenvalue weighted by Gasteiger charge is -2.31. The smallest absolute Gasteiger partial charge is 0.269 e. The first-order chi connectivity index (χ1) is 10.5. The van der Waals surface area contributed by atoms with Crippen LogP contribution >= 0.6 is 0 Å². The molecule has 4 nitrogen and oxygen atoms in total. The van der Waals surface area contributed by atoms with Gasteiger partial charge < -0.3 is 14.8 Å². The highest BCUT2D eigenvalue weighted by Crippen LogP contribution is 2.33. The lowest BCUT2D eigenvalue weighted by Crippen LogP contribution is -2.46. The lowest BCUT2D eigenvalue weighted by molar-refractivity contribution is -0.128. The topological polar surface area (TPSA) is 47.6 Å². The predicted molar refractivity (Wildman–Crippen MR) is 85.5 cm³/mol. The van der Waals surface area contributed by atoms with Gasteiger partial charge in [0, 0.05) is 5.69 Å². The Morgan fingerprint density at radius 1 is 1.05 bits per heavy atom. The van der Waals surface area contributed by atoms with Crippen LogP contribution in [0.5, 0.6) is 11.5 Å². The highest BCUT2D eigenvalue weighted by molar-refractivity contribution is 5.95. The Morgan fingerprint density at radius 2 is 1.73 bits per heavy atom. The van der Waals surface area contributed by atoms with Gasteiger partial charge in [0.15, 0.2) is 11.5 Å². The molecule has 114 valence electrons. The number of carbonyl (C=O) groups excluding carboxylic acids is 1. The number of anilines is 1. The number of fused-ring (bicyclic) bond motifs is 1. The molecule has 2 atom stereocenters. The third kappa shape index (κ3) is 2.77. The maximum Gasteiger partial charge on any atom is 0.269 e. The lowest BCUT2D eigenvalue weighted by atomic mass is 10.1. The minimum Gasteiger partial charge on any atom is -0.482 e. The van der Waals surface area contributed by atoms with Crippen LogP contribution in [0, 0.1) is 13.8 Å². The van der Waals surface area contributed by atoms with E-state index in [1.54, 1.807) is 6.07 Å². The minimum atomic E-state index is -0.671. The summed E-state index contributed by atoms with van der Waals surface area (Å²) >= 11 is 0. The minimum absolute atomic E-state index is 0.198. The van der Waals surface area contributed by atoms with Gasteiger partial charge in [-0.1, -0.05) is 24.3 Å². The first kappa shape index (κ1) is 14.4. The van der Waals surface area contributed by atoms with Crippen molar-refractivity contribution >= 4 is 11.6 Å². The van der Waals surface area contributed by atoms with Crippen molar-refractivity contribution in [2.75, 3.05) is 5.32 Å². The Bertz CT molecular complexity index is 711. The van der Waals surface area contributed by atoms with Crippen LogP contribution < -0.4 is 14.8 Å². The van der Waals surface area contributed by atoms with E-state index in [1.807, 2.05) is 57.2 Å². The molecule has 1 aliphatic heterocycles. The monoisotopic (exact) mass is 297 g/mol. The van der Waals surface area contributed by atoms with Crippen molar-refractivity contribution in [3.8, 4) is 11.5 Å². The van der Waals surface area contributed by atoms with Gasteiger partial charge in [0.1, 0.15) is 6.10 Å². The molecular formula is C18H19NO3. The molecule has 0 spiro atoms. The number of benzene rings is 2. The number of amides is 1. The molecule has 1 aliphatic rings. The molecule has 3 rings (SSSR count). The molecule has 22 heavy (non-hydrogen) atoms. The fourth-order valence-electron chi connectivity index (χ4n) is 2.48. The molecule has 2 aromatic rings. The van der Waals surface area contributed by atoms with Gasteiger partial charge in [-0.3, -0.25) is 4.79 Å². The van der Waals surface area contributed by atoms with E-state index in [0.29, 0.717) is 11.5 Å². The number of ether oxygens (including phenoxy) is 2. The molecule has 0 aliphatic carbocycles. The van der Waals surface area contributed by atoms with Crippen molar-refractivity contribution in [1.29, 1.82) is 0 Å². The highest BCUT2D eigenvalue weighted by Gasteiger charge is 2.34. The first-order valence-electron chi connectivity index (χ1n) is 7.35. The predicted octanol–water partition coefficient (Wildman–Crippen LogP) is 3.47. The van der Waals surface area contributed by atoms with Crippen LogP contribution in [0.1, 0.15) is 18.1 Å². The highest BCUT2D eigenvalue weighted by atomic mass is 16.6. The van der Waals surface area contributed by atoms with Gasteiger partial charge in [-0.15, -0.1) is 0 Å². The van der Waals surface area contributed by atoms with Crippen molar-refractivity contribution in [2.24, 2.45) is 0 Å². The molecule has 0 bridgehead atoms. The van der Waals surface area contributed by atoms with Crippen LogP contribution in [0.4, 0.5) is 5.69 Å². The summed E-state index contributed by atoms with van der Waals surface area (Å²) in [5.74, 6) is 1.07. The van der Waals surface area contributed by atoms with Crippen molar-refractivity contribution < 1.29 is 14.3 Å². The van der Waals surface area contributed by atoms with Crippen LogP contribution in [0.2, 0.25) is 0 Å². The van der Waals surface area contributed by atoms with E-state index in [0.717, 1.165) is 16.8 Å². The van der Waals surface area contributed by atoms with Crippen molar-refractivity contribution in [2.45, 2.75) is 33.0 Å². The second-order valence-corrected chi connectivity index (χ2v) is 5.62. The maximum absolute atomic E-state index is 12.5. The molecule has 2 aromatic carbocycles. The Hall–Kier alpha value is -2.49. The average molecular weight is 297 g/mol. The summed E-state index contributed by atoms with van der Waals surface area (Å²) in [5, 5.41) is 2.94. The normalized spacial score (nSPS) is 19.6. The maximum atomic E-state index is 12.5. The number of hydrogen-bond donors (Lipinski definition) is 1. The van der Waals surface area contributed by atoms with E-state index >= 15 is 0 Å². The molecule has 0 aromatic heterocycles. The van der Waals surface area contributed by atoms with Gasteiger partial charge in [-0.25, -0.2) is 0 Å². The Kier molecular flexibility index (Phi) is 3.75. The summed E-state index contributed by atoms with van der Waals surface area (Å²) < 4.78 is 11.6. The molecule has 0 unspecified atom stereocenters. The fourth-order valence-corrected chi connectivity index (χ4v) is 2.48. The Balaban J connectivity index is 1.79. The molecule has 1 N–H and O–H groups in total. The van der Waals surface area contributed by atoms with Gasteiger partial charge in [-0.05, 0) is 50.1 Å². The van der Waals surface area contributed by atoms with Gasteiger partial charge in [0.25, 0.3) is 5.91 Å². The van der Waals surface area contributed by atoms with Crippen LogP contribution in [-0.4, -0.2) is 18.1 Å². The van der Waals surface area contributed by atoms with Crippen LogP contribution in [0.3, 0.4) is 0 Å². The number of para-hydroxylation sites is 2. The van der Waals surface area contributed by atoms with Gasteiger partial charge >= 0.3 is 0 Å². The largest absolute Gasteiger partial charge is 0.482 e. The molecule has 4 heteroatoms. The van der Waals surface area contributed by atoms with Crippen LogP contribution in [0.15, 0.2) is 42.5 Å². The van der Waals surface area contributed by atoms with E-state index in [-0.39, 0.29) is 12.0 Å². The fraction of sp³-hybridized carbons (Fsp3) is 0.278. The molecule has 0 radical (unpaired) electrons. The molecule has 1 amide bonds. The van der Waals surface area contributed by atoms with E-state index in [1.165, 1.54) is 0 Å². The van der Waals surface area contributed by atoms with Crippen LogP contribution in [-0.2, 0) is 4.79 Å².